The van der Waals surface area contributed by atoms with Crippen LogP contribution in [0.5, 0.6) is 0 Å². The summed E-state index contributed by atoms with van der Waals surface area (Å²) in [6.07, 6.45) is -2.98. The van der Waals surface area contributed by atoms with Crippen molar-refractivity contribution in [3.63, 3.8) is 0 Å². The molecule has 0 spiro atoms. The van der Waals surface area contributed by atoms with E-state index in [9.17, 15) is 18.0 Å². The molecule has 4 aromatic rings. The summed E-state index contributed by atoms with van der Waals surface area (Å²) in [4.78, 5) is 29.4. The topological polar surface area (TPSA) is 88.2 Å². The van der Waals surface area contributed by atoms with Gasteiger partial charge in [-0.05, 0) is 36.4 Å². The number of alkyl halides is 3. The quantitative estimate of drug-likeness (QED) is 0.281. The number of aromatic nitrogens is 3. The van der Waals surface area contributed by atoms with Crippen LogP contribution in [0.1, 0.15) is 31.3 Å². The van der Waals surface area contributed by atoms with E-state index in [1.165, 1.54) is 45.5 Å². The van der Waals surface area contributed by atoms with E-state index in [-0.39, 0.29) is 35.7 Å². The van der Waals surface area contributed by atoms with Gasteiger partial charge in [-0.1, -0.05) is 32.9 Å². The number of urea groups is 1. The van der Waals surface area contributed by atoms with E-state index in [0.717, 1.165) is 17.1 Å². The fourth-order valence-electron chi connectivity index (χ4n) is 4.24. The first kappa shape index (κ1) is 26.5. The highest BCUT2D eigenvalue weighted by Crippen LogP contribution is 2.43. The van der Waals surface area contributed by atoms with Crippen LogP contribution >= 0.6 is 11.3 Å². The predicted octanol–water partition coefficient (Wildman–Crippen LogP) is 6.75. The molecule has 12 heteroatoms. The molecule has 0 bridgehead atoms. The molecule has 39 heavy (non-hydrogen) atoms. The Balaban J connectivity index is 1.52. The zero-order valence-electron chi connectivity index (χ0n) is 21.3. The van der Waals surface area contributed by atoms with Crippen molar-refractivity contribution in [1.82, 2.24) is 15.0 Å². The molecule has 2 aromatic carbocycles. The monoisotopic (exact) mass is 556 g/mol. The lowest BCUT2D eigenvalue weighted by atomic mass is 9.98. The number of hydrogen-bond acceptors (Lipinski definition) is 6. The van der Waals surface area contributed by atoms with Gasteiger partial charge in [0, 0.05) is 36.0 Å². The average molecular weight is 557 g/mol. The summed E-state index contributed by atoms with van der Waals surface area (Å²) in [5.74, 6) is -0.559. The smallest absolute Gasteiger partial charge is 0.368 e. The summed E-state index contributed by atoms with van der Waals surface area (Å²) in [7, 11) is 0. The van der Waals surface area contributed by atoms with Gasteiger partial charge in [-0.25, -0.2) is 24.1 Å². The van der Waals surface area contributed by atoms with E-state index < -0.39 is 23.6 Å². The molecule has 1 aliphatic heterocycles. The zero-order chi connectivity index (χ0) is 28.1. The maximum atomic E-state index is 16.2. The Bertz CT molecular complexity index is 1550. The number of nitrogen functional groups attached to an aromatic ring is 1. The molecule has 0 saturated carbocycles. The lowest BCUT2D eigenvalue weighted by Crippen LogP contribution is -2.32. The van der Waals surface area contributed by atoms with Crippen LogP contribution in [0.3, 0.4) is 0 Å². The second kappa shape index (κ2) is 9.60. The van der Waals surface area contributed by atoms with Crippen molar-refractivity contribution in [1.29, 1.82) is 0 Å². The maximum Gasteiger partial charge on any atom is 0.416 e. The molecule has 3 heterocycles. The van der Waals surface area contributed by atoms with Gasteiger partial charge >= 0.3 is 12.2 Å². The van der Waals surface area contributed by atoms with Gasteiger partial charge in [-0.15, -0.1) is 11.3 Å². The van der Waals surface area contributed by atoms with Crippen molar-refractivity contribution in [2.45, 2.75) is 32.4 Å². The molecular formula is C27H24F4N6OS. The SMILES string of the molecule is CC(C)(C)c1nc(-c2ccnc(N)n2)c(-c2cccc(N3CCN(c4ccc(C(F)(F)F)cc4)C3=O)c2F)s1. The van der Waals surface area contributed by atoms with E-state index >= 15 is 4.39 Å². The zero-order valence-corrected chi connectivity index (χ0v) is 22.1. The lowest BCUT2D eigenvalue weighted by molar-refractivity contribution is -0.137. The van der Waals surface area contributed by atoms with Gasteiger partial charge in [-0.3, -0.25) is 9.80 Å². The van der Waals surface area contributed by atoms with Crippen LogP contribution in [0.15, 0.2) is 54.7 Å². The Morgan fingerprint density at radius 1 is 0.949 bits per heavy atom. The normalized spacial score (nSPS) is 14.4. The highest BCUT2D eigenvalue weighted by molar-refractivity contribution is 7.15. The van der Waals surface area contributed by atoms with E-state index in [0.29, 0.717) is 22.0 Å². The Labute approximate surface area is 225 Å². The summed E-state index contributed by atoms with van der Waals surface area (Å²) >= 11 is 1.33. The van der Waals surface area contributed by atoms with Crippen molar-refractivity contribution < 1.29 is 22.4 Å². The Morgan fingerprint density at radius 2 is 1.64 bits per heavy atom. The van der Waals surface area contributed by atoms with E-state index in [1.807, 2.05) is 20.8 Å². The predicted molar refractivity (Wildman–Crippen MR) is 143 cm³/mol. The van der Waals surface area contributed by atoms with Crippen LogP contribution in [0.4, 0.5) is 39.7 Å². The van der Waals surface area contributed by atoms with Crippen LogP contribution < -0.4 is 15.5 Å². The standard InChI is InChI=1S/C27H24F4N6OS/c1-26(2,3)23-35-21(18-11-12-33-24(32)34-18)22(39-23)17-5-4-6-19(20(17)28)37-14-13-36(25(37)38)16-9-7-15(8-10-16)27(29,30)31/h4-12H,13-14H2,1-3H3,(H2,32,33,34). The largest absolute Gasteiger partial charge is 0.416 e. The van der Waals surface area contributed by atoms with Crippen molar-refractivity contribution >= 4 is 34.7 Å². The van der Waals surface area contributed by atoms with Crippen molar-refractivity contribution in [3.8, 4) is 21.8 Å². The Hall–Kier alpha value is -4.06. The number of carbonyl (C=O) groups is 1. The summed E-state index contributed by atoms with van der Waals surface area (Å²) < 4.78 is 55.0. The number of carbonyl (C=O) groups excluding carboxylic acids is 1. The first-order valence-electron chi connectivity index (χ1n) is 12.0. The molecule has 0 aliphatic carbocycles. The van der Waals surface area contributed by atoms with E-state index in [2.05, 4.69) is 9.97 Å². The second-order valence-corrected chi connectivity index (χ2v) is 11.0. The lowest BCUT2D eigenvalue weighted by Gasteiger charge is -2.20. The fourth-order valence-corrected chi connectivity index (χ4v) is 5.39. The second-order valence-electron chi connectivity index (χ2n) is 10.0. The van der Waals surface area contributed by atoms with Gasteiger partial charge < -0.3 is 5.73 Å². The molecule has 2 amide bonds. The van der Waals surface area contributed by atoms with Crippen LogP contribution in [-0.4, -0.2) is 34.1 Å². The van der Waals surface area contributed by atoms with Crippen molar-refractivity contribution in [3.05, 3.63) is 71.1 Å². The maximum absolute atomic E-state index is 16.2. The first-order valence-corrected chi connectivity index (χ1v) is 12.8. The summed E-state index contributed by atoms with van der Waals surface area (Å²) in [6, 6.07) is 10.2. The van der Waals surface area contributed by atoms with Gasteiger partial charge in [-0.2, -0.15) is 13.2 Å². The van der Waals surface area contributed by atoms with E-state index in [4.69, 9.17) is 10.7 Å². The number of benzene rings is 2. The molecule has 5 rings (SSSR count). The Morgan fingerprint density at radius 3 is 2.28 bits per heavy atom. The minimum absolute atomic E-state index is 0.0593. The number of hydrogen-bond donors (Lipinski definition) is 1. The Kier molecular flexibility index (Phi) is 6.53. The summed E-state index contributed by atoms with van der Waals surface area (Å²) in [5, 5.41) is 0.764. The van der Waals surface area contributed by atoms with Gasteiger partial charge in [0.15, 0.2) is 5.82 Å². The molecule has 0 atom stereocenters. The van der Waals surface area contributed by atoms with E-state index in [1.54, 1.807) is 18.2 Å². The molecule has 0 radical (unpaired) electrons. The number of nitrogens with zero attached hydrogens (tertiary/aromatic N) is 5. The molecule has 2 aromatic heterocycles. The van der Waals surface area contributed by atoms with Crippen LogP contribution in [0.2, 0.25) is 0 Å². The molecule has 202 valence electrons. The van der Waals surface area contributed by atoms with Crippen LogP contribution in [0, 0.1) is 5.82 Å². The summed E-state index contributed by atoms with van der Waals surface area (Å²) in [6.45, 7) is 6.34. The number of rotatable bonds is 4. The molecule has 1 aliphatic rings. The highest BCUT2D eigenvalue weighted by atomic mass is 32.1. The summed E-state index contributed by atoms with van der Waals surface area (Å²) in [5.41, 5.74) is 6.16. The third kappa shape index (κ3) is 5.03. The fraction of sp³-hybridized carbons (Fsp3) is 0.259. The van der Waals surface area contributed by atoms with Gasteiger partial charge in [0.1, 0.15) is 5.69 Å². The van der Waals surface area contributed by atoms with Crippen molar-refractivity contribution in [2.24, 2.45) is 0 Å². The first-order chi connectivity index (χ1) is 18.3. The number of nitrogens with two attached hydrogens (primary N) is 1. The van der Waals surface area contributed by atoms with Crippen LogP contribution in [0.25, 0.3) is 21.8 Å². The number of thiazole rings is 1. The van der Waals surface area contributed by atoms with Crippen LogP contribution in [-0.2, 0) is 11.6 Å². The molecule has 1 fully saturated rings. The van der Waals surface area contributed by atoms with Crippen molar-refractivity contribution in [2.75, 3.05) is 28.6 Å². The van der Waals surface area contributed by atoms with Gasteiger partial charge in [0.25, 0.3) is 0 Å². The minimum atomic E-state index is -4.48. The van der Waals surface area contributed by atoms with Gasteiger partial charge in [0.05, 0.1) is 26.8 Å². The highest BCUT2D eigenvalue weighted by Gasteiger charge is 2.35. The number of amides is 2. The molecule has 0 unspecified atom stereocenters. The average Bonchev–Trinajstić information content (AvgIpc) is 3.48. The van der Waals surface area contributed by atoms with Gasteiger partial charge in [0.2, 0.25) is 5.95 Å². The number of halogens is 4. The third-order valence-electron chi connectivity index (χ3n) is 6.21. The molecule has 1 saturated heterocycles. The number of anilines is 3. The third-order valence-corrected chi connectivity index (χ3v) is 7.73. The molecule has 2 N–H and O–H groups in total. The molecular weight excluding hydrogens is 532 g/mol. The minimum Gasteiger partial charge on any atom is -0.368 e. The molecule has 7 nitrogen and oxygen atoms in total.